The third kappa shape index (κ3) is 5.80. The van der Waals surface area contributed by atoms with Crippen LogP contribution < -0.4 is 4.78 Å². The monoisotopic (exact) mass is 926 g/mol. The molecule has 0 bridgehead atoms. The summed E-state index contributed by atoms with van der Waals surface area (Å²) in [6.07, 6.45) is 0. The van der Waals surface area contributed by atoms with Crippen LogP contribution in [0, 0.1) is 0 Å². The largest absolute Gasteiger partial charge is 0.499 e. The van der Waals surface area contributed by atoms with E-state index < -0.39 is 7.12 Å². The molecule has 0 saturated carbocycles. The van der Waals surface area contributed by atoms with Crippen LogP contribution >= 0.6 is 38.6 Å². The van der Waals surface area contributed by atoms with Crippen molar-refractivity contribution in [2.45, 2.75) is 26.9 Å². The second-order valence-electron chi connectivity index (χ2n) is 16.4. The number of fused-ring (bicyclic) bond motifs is 8. The summed E-state index contributed by atoms with van der Waals surface area (Å²) in [6.45, 7) is 6.39. The fraction of sp³-hybridized carbons (Fsp3) is 0.0714. The molecule has 10 aromatic carbocycles. The van der Waals surface area contributed by atoms with Gasteiger partial charge in [-0.05, 0) is 123 Å². The highest BCUT2D eigenvalue weighted by Gasteiger charge is 2.23. The zero-order valence-corrected chi connectivity index (χ0v) is 38.4. The number of aryl methyl sites for hydroxylation is 2. The average molecular weight is 928 g/mol. The third-order valence-corrected chi connectivity index (χ3v) is 15.8. The van der Waals surface area contributed by atoms with Crippen LogP contribution in [0.2, 0.25) is 0 Å². The molecule has 2 N–H and O–H groups in total. The first kappa shape index (κ1) is 39.3. The molecule has 0 radical (unpaired) electrons. The Bertz CT molecular complexity index is 4010. The summed E-state index contributed by atoms with van der Waals surface area (Å²) in [4.78, 5) is 1.34. The van der Waals surface area contributed by atoms with Gasteiger partial charge in [-0.15, -0.1) is 11.3 Å². The van der Waals surface area contributed by atoms with Crippen LogP contribution in [-0.4, -0.2) is 26.3 Å². The van der Waals surface area contributed by atoms with E-state index >= 15 is 0 Å². The maximum atomic E-state index is 8.48. The van der Waals surface area contributed by atoms with Crippen molar-refractivity contribution >= 4 is 159 Å². The van der Waals surface area contributed by atoms with Crippen LogP contribution in [0.15, 0.2) is 173 Å². The molecule has 0 fully saturated rings. The summed E-state index contributed by atoms with van der Waals surface area (Å²) >= 11 is 7.14. The first-order chi connectivity index (χ1) is 31.5. The lowest BCUT2D eigenvalue weighted by Crippen LogP contribution is -2.26. The molecule has 8 heteroatoms. The summed E-state index contributed by atoms with van der Waals surface area (Å²) in [6, 6.07) is 57.2. The maximum Gasteiger partial charge on any atom is 0.499 e. The van der Waals surface area contributed by atoms with Gasteiger partial charge in [-0.3, -0.25) is 0 Å². The lowest BCUT2D eigenvalue weighted by atomic mass is 9.89. The Kier molecular flexibility index (Phi) is 9.51. The molecule has 0 unspecified atom stereocenters. The molecular formula is C56H40BBrN2O2S2. The first-order valence-corrected chi connectivity index (χ1v) is 24.3. The van der Waals surface area contributed by atoms with E-state index in [0.29, 0.717) is 4.78 Å². The predicted molar refractivity (Wildman–Crippen MR) is 283 cm³/mol. The maximum absolute atomic E-state index is 8.48. The van der Waals surface area contributed by atoms with Crippen molar-refractivity contribution in [2.75, 3.05) is 0 Å². The highest BCUT2D eigenvalue weighted by Crippen LogP contribution is 2.49. The molecule has 0 spiro atoms. The van der Waals surface area contributed by atoms with Crippen molar-refractivity contribution in [3.8, 4) is 10.4 Å². The number of nitrogens with zero attached hydrogens (tertiary/aromatic N) is 2. The summed E-state index contributed by atoms with van der Waals surface area (Å²) < 4.78 is 6.73. The van der Waals surface area contributed by atoms with Crippen LogP contribution in [0.3, 0.4) is 0 Å². The summed E-state index contributed by atoms with van der Waals surface area (Å²) in [5, 5.41) is 42.6. The second-order valence-corrected chi connectivity index (χ2v) is 19.1. The molecule has 14 aromatic rings. The second kappa shape index (κ2) is 15.5. The zero-order chi connectivity index (χ0) is 43.2. The van der Waals surface area contributed by atoms with E-state index in [1.807, 2.05) is 11.3 Å². The van der Waals surface area contributed by atoms with E-state index in [2.05, 4.69) is 190 Å². The van der Waals surface area contributed by atoms with Gasteiger partial charge >= 0.3 is 7.12 Å². The molecule has 64 heavy (non-hydrogen) atoms. The molecule has 14 rings (SSSR count). The van der Waals surface area contributed by atoms with Crippen molar-refractivity contribution in [3.05, 3.63) is 173 Å². The van der Waals surface area contributed by atoms with Crippen LogP contribution in [0.4, 0.5) is 0 Å². The van der Waals surface area contributed by atoms with Crippen molar-refractivity contribution in [1.29, 1.82) is 0 Å². The molecule has 0 atom stereocenters. The van der Waals surface area contributed by atoms with Crippen molar-refractivity contribution in [2.24, 2.45) is 0 Å². The third-order valence-electron chi connectivity index (χ3n) is 13.2. The fourth-order valence-electron chi connectivity index (χ4n) is 10.6. The van der Waals surface area contributed by atoms with Gasteiger partial charge in [-0.2, -0.15) is 11.3 Å². The summed E-state index contributed by atoms with van der Waals surface area (Å²) in [5.41, 5.74) is 6.68. The first-order valence-electron chi connectivity index (χ1n) is 21.8. The van der Waals surface area contributed by atoms with Gasteiger partial charge in [0.1, 0.15) is 0 Å². The standard InChI is InChI=1S/C28H19NS.C24H16BrN.C4H5BO2S/c1-2-29-22-10-4-3-9-19(22)26-20-14-12-17-7-5-8-18-13-15-21(25(20)24(17)18)27(28(26)29)23-11-6-16-30-23;1-2-26-19-9-4-3-8-16(19)22-17-12-10-14-6-5-7-15-11-13-18(21(17)20(14)15)23(25)24(22)26;6-5(7)4-2-1-3-8-4/h3-16H,2H2,1H3;3-13H,2H2,1H3;1-3,6-7H. The van der Waals surface area contributed by atoms with Gasteiger partial charge in [0.2, 0.25) is 0 Å². The van der Waals surface area contributed by atoms with Gasteiger partial charge in [0.05, 0.1) is 11.0 Å². The normalized spacial score (nSPS) is 12.0. The van der Waals surface area contributed by atoms with Crippen LogP contribution in [0.5, 0.6) is 0 Å². The molecule has 4 heterocycles. The number of thiophene rings is 2. The van der Waals surface area contributed by atoms with Gasteiger partial charge in [-0.25, -0.2) is 0 Å². The Hall–Kier alpha value is -6.26. The van der Waals surface area contributed by atoms with E-state index in [0.717, 1.165) is 13.1 Å². The predicted octanol–water partition coefficient (Wildman–Crippen LogP) is 15.3. The number of hydrogen-bond acceptors (Lipinski definition) is 4. The quantitative estimate of drug-likeness (QED) is 0.136. The number of halogens is 1. The molecule has 0 amide bonds. The van der Waals surface area contributed by atoms with Crippen molar-refractivity contribution in [3.63, 3.8) is 0 Å². The van der Waals surface area contributed by atoms with Gasteiger partial charge in [0.15, 0.2) is 0 Å². The number of aromatic nitrogens is 2. The Morgan fingerprint density at radius 1 is 0.438 bits per heavy atom. The lowest BCUT2D eigenvalue weighted by molar-refractivity contribution is 0.427. The van der Waals surface area contributed by atoms with Gasteiger partial charge in [0, 0.05) is 65.4 Å². The van der Waals surface area contributed by atoms with E-state index in [1.165, 1.54) is 134 Å². The molecule has 4 aromatic heterocycles. The smallest absolute Gasteiger partial charge is 0.423 e. The highest BCUT2D eigenvalue weighted by atomic mass is 79.9. The van der Waals surface area contributed by atoms with Gasteiger partial charge in [-0.1, -0.05) is 140 Å². The minimum absolute atomic E-state index is 0.588. The molecular weight excluding hydrogens is 887 g/mol. The Balaban J connectivity index is 0.000000116. The van der Waals surface area contributed by atoms with E-state index in [-0.39, 0.29) is 0 Å². The molecule has 0 saturated heterocycles. The minimum Gasteiger partial charge on any atom is -0.423 e. The van der Waals surface area contributed by atoms with E-state index in [9.17, 15) is 0 Å². The topological polar surface area (TPSA) is 50.3 Å². The highest BCUT2D eigenvalue weighted by molar-refractivity contribution is 9.10. The summed E-state index contributed by atoms with van der Waals surface area (Å²) in [5.74, 6) is 0. The molecule has 4 nitrogen and oxygen atoms in total. The number of para-hydroxylation sites is 2. The number of rotatable bonds is 4. The minimum atomic E-state index is -1.30. The van der Waals surface area contributed by atoms with Crippen LogP contribution in [0.1, 0.15) is 13.8 Å². The Morgan fingerprint density at radius 3 is 1.42 bits per heavy atom. The van der Waals surface area contributed by atoms with Gasteiger partial charge in [0.25, 0.3) is 0 Å². The SMILES string of the molecule is CCn1c2ccccc2c2c3ccc4cccc5ccc(c(-c6cccs6)c21)c3c54.CCn1c2ccccc2c2c3ccc4cccc5ccc(c(Br)c21)c3c54.OB(O)c1cccs1. The van der Waals surface area contributed by atoms with Gasteiger partial charge < -0.3 is 19.2 Å². The zero-order valence-electron chi connectivity index (χ0n) is 35.1. The Labute approximate surface area is 385 Å². The molecule has 308 valence electrons. The average Bonchev–Trinajstić information content (AvgIpc) is 4.18. The van der Waals surface area contributed by atoms with Crippen LogP contribution in [0.25, 0.3) is 119 Å². The lowest BCUT2D eigenvalue weighted by Gasteiger charge is -2.17. The fourth-order valence-corrected chi connectivity index (χ4v) is 12.8. The van der Waals surface area contributed by atoms with E-state index in [4.69, 9.17) is 10.0 Å². The van der Waals surface area contributed by atoms with Crippen LogP contribution in [-0.2, 0) is 13.1 Å². The van der Waals surface area contributed by atoms with Crippen molar-refractivity contribution < 1.29 is 10.0 Å². The Morgan fingerprint density at radius 2 is 0.922 bits per heavy atom. The van der Waals surface area contributed by atoms with Crippen molar-refractivity contribution in [1.82, 2.24) is 9.13 Å². The molecule has 0 aliphatic heterocycles. The number of benzene rings is 10. The molecule has 0 aliphatic rings. The number of hydrogen-bond donors (Lipinski definition) is 2. The molecule has 0 aliphatic carbocycles. The van der Waals surface area contributed by atoms with E-state index in [1.54, 1.807) is 17.5 Å². The summed E-state index contributed by atoms with van der Waals surface area (Å²) in [7, 11) is -1.30.